The van der Waals surface area contributed by atoms with E-state index in [1.54, 1.807) is 14.2 Å². The number of halogens is 2. The van der Waals surface area contributed by atoms with Crippen LogP contribution >= 0.6 is 0 Å². The van der Waals surface area contributed by atoms with E-state index >= 15 is 0 Å². The maximum Gasteiger partial charge on any atom is 0.243 e. The van der Waals surface area contributed by atoms with E-state index < -0.39 is 21.7 Å². The van der Waals surface area contributed by atoms with Crippen molar-refractivity contribution in [3.8, 4) is 11.5 Å². The Bertz CT molecular complexity index is 945. The highest BCUT2D eigenvalue weighted by molar-refractivity contribution is 7.89. The van der Waals surface area contributed by atoms with Gasteiger partial charge in [-0.05, 0) is 35.9 Å². The van der Waals surface area contributed by atoms with Gasteiger partial charge in [-0.15, -0.1) is 0 Å². The number of sulfonamides is 1. The summed E-state index contributed by atoms with van der Waals surface area (Å²) in [5.74, 6) is -0.958. The third-order valence-electron chi connectivity index (χ3n) is 4.71. The third-order valence-corrected chi connectivity index (χ3v) is 6.61. The van der Waals surface area contributed by atoms with E-state index in [2.05, 4.69) is 4.90 Å². The molecule has 0 aromatic heterocycles. The van der Waals surface area contributed by atoms with Gasteiger partial charge in [-0.2, -0.15) is 4.31 Å². The molecule has 9 heteroatoms. The maximum atomic E-state index is 13.4. The molecule has 1 fully saturated rings. The standard InChI is InChI=1S/C19H22F2N2O4S/c1-26-18-6-3-14(11-19(18)27-2)13-22-7-9-23(10-8-22)28(24,25)15-4-5-16(20)17(21)12-15/h3-6,11-12H,7-10,13H2,1-2H3. The van der Waals surface area contributed by atoms with Gasteiger partial charge < -0.3 is 9.47 Å². The van der Waals surface area contributed by atoms with Crippen molar-refractivity contribution >= 4 is 10.0 Å². The van der Waals surface area contributed by atoms with Gasteiger partial charge in [-0.1, -0.05) is 6.07 Å². The molecule has 1 heterocycles. The molecular weight excluding hydrogens is 390 g/mol. The number of methoxy groups -OCH3 is 2. The van der Waals surface area contributed by atoms with Crippen LogP contribution in [0.1, 0.15) is 5.56 Å². The van der Waals surface area contributed by atoms with Gasteiger partial charge in [0.15, 0.2) is 23.1 Å². The van der Waals surface area contributed by atoms with E-state index in [4.69, 9.17) is 9.47 Å². The first-order valence-electron chi connectivity index (χ1n) is 8.73. The minimum absolute atomic E-state index is 0.236. The van der Waals surface area contributed by atoms with Crippen LogP contribution in [0.3, 0.4) is 0 Å². The number of rotatable bonds is 6. The van der Waals surface area contributed by atoms with Gasteiger partial charge in [0.05, 0.1) is 19.1 Å². The quantitative estimate of drug-likeness (QED) is 0.730. The van der Waals surface area contributed by atoms with E-state index in [0.717, 1.165) is 23.8 Å². The summed E-state index contributed by atoms with van der Waals surface area (Å²) in [5.41, 5.74) is 1.02. The second-order valence-electron chi connectivity index (χ2n) is 6.45. The van der Waals surface area contributed by atoms with Gasteiger partial charge >= 0.3 is 0 Å². The summed E-state index contributed by atoms with van der Waals surface area (Å²) in [4.78, 5) is 1.89. The SMILES string of the molecule is COc1ccc(CN2CCN(S(=O)(=O)c3ccc(F)c(F)c3)CC2)cc1OC. The van der Waals surface area contributed by atoms with Crippen molar-refractivity contribution < 1.29 is 26.7 Å². The van der Waals surface area contributed by atoms with Crippen LogP contribution in [0.4, 0.5) is 8.78 Å². The lowest BCUT2D eigenvalue weighted by atomic mass is 10.1. The Morgan fingerprint density at radius 1 is 0.893 bits per heavy atom. The number of piperazine rings is 1. The van der Waals surface area contributed by atoms with E-state index in [1.807, 2.05) is 18.2 Å². The molecule has 2 aromatic carbocycles. The first-order valence-corrected chi connectivity index (χ1v) is 10.2. The minimum Gasteiger partial charge on any atom is -0.493 e. The van der Waals surface area contributed by atoms with Crippen LogP contribution in [0.2, 0.25) is 0 Å². The van der Waals surface area contributed by atoms with E-state index in [9.17, 15) is 17.2 Å². The first kappa shape index (κ1) is 20.5. The molecule has 152 valence electrons. The molecule has 6 nitrogen and oxygen atoms in total. The summed E-state index contributed by atoms with van der Waals surface area (Å²) >= 11 is 0. The second-order valence-corrected chi connectivity index (χ2v) is 8.38. The number of hydrogen-bond donors (Lipinski definition) is 0. The van der Waals surface area contributed by atoms with Crippen molar-refractivity contribution in [2.24, 2.45) is 0 Å². The second kappa shape index (κ2) is 8.42. The summed E-state index contributed by atoms with van der Waals surface area (Å²) in [6.07, 6.45) is 0. The zero-order valence-corrected chi connectivity index (χ0v) is 16.5. The van der Waals surface area contributed by atoms with Crippen LogP contribution in [0.25, 0.3) is 0 Å². The fourth-order valence-corrected chi connectivity index (χ4v) is 4.59. The largest absolute Gasteiger partial charge is 0.493 e. The minimum atomic E-state index is -3.85. The monoisotopic (exact) mass is 412 g/mol. The molecule has 0 N–H and O–H groups in total. The molecule has 0 aliphatic carbocycles. The van der Waals surface area contributed by atoms with E-state index in [0.29, 0.717) is 31.1 Å². The van der Waals surface area contributed by atoms with Gasteiger partial charge in [0.25, 0.3) is 0 Å². The Balaban J connectivity index is 1.65. The van der Waals surface area contributed by atoms with E-state index in [1.165, 1.54) is 4.31 Å². The molecule has 0 saturated carbocycles. The van der Waals surface area contributed by atoms with Crippen molar-refractivity contribution in [2.75, 3.05) is 40.4 Å². The molecule has 3 rings (SSSR count). The lowest BCUT2D eigenvalue weighted by molar-refractivity contribution is 0.181. The number of hydrogen-bond acceptors (Lipinski definition) is 5. The van der Waals surface area contributed by atoms with Gasteiger partial charge in [0.1, 0.15) is 0 Å². The number of nitrogens with zero attached hydrogens (tertiary/aromatic N) is 2. The van der Waals surface area contributed by atoms with Crippen LogP contribution < -0.4 is 9.47 Å². The van der Waals surface area contributed by atoms with Crippen LogP contribution in [0.15, 0.2) is 41.3 Å². The predicted molar refractivity (Wildman–Crippen MR) is 99.9 cm³/mol. The molecule has 0 atom stereocenters. The highest BCUT2D eigenvalue weighted by atomic mass is 32.2. The number of ether oxygens (including phenoxy) is 2. The van der Waals surface area contributed by atoms with Crippen LogP contribution in [0, 0.1) is 11.6 Å². The molecule has 2 aromatic rings. The van der Waals surface area contributed by atoms with Gasteiger partial charge in [-0.3, -0.25) is 4.90 Å². The fourth-order valence-electron chi connectivity index (χ4n) is 3.15. The normalized spacial score (nSPS) is 16.1. The summed E-state index contributed by atoms with van der Waals surface area (Å²) in [6.45, 7) is 2.23. The molecule has 1 aliphatic heterocycles. The van der Waals surface area contributed by atoms with Crippen LogP contribution in [-0.4, -0.2) is 58.0 Å². The highest BCUT2D eigenvalue weighted by Crippen LogP contribution is 2.28. The zero-order chi connectivity index (χ0) is 20.3. The molecule has 0 amide bonds. The average Bonchev–Trinajstić information content (AvgIpc) is 2.70. The topological polar surface area (TPSA) is 59.1 Å². The van der Waals surface area contributed by atoms with Gasteiger partial charge in [0, 0.05) is 32.7 Å². The van der Waals surface area contributed by atoms with E-state index in [-0.39, 0.29) is 18.0 Å². The molecule has 0 spiro atoms. The summed E-state index contributed by atoms with van der Waals surface area (Å²) in [5, 5.41) is 0. The fraction of sp³-hybridized carbons (Fsp3) is 0.368. The smallest absolute Gasteiger partial charge is 0.243 e. The molecule has 28 heavy (non-hydrogen) atoms. The predicted octanol–water partition coefficient (Wildman–Crippen LogP) is 2.49. The lowest BCUT2D eigenvalue weighted by Crippen LogP contribution is -2.48. The molecule has 0 unspecified atom stereocenters. The Kier molecular flexibility index (Phi) is 6.17. The Labute approximate surface area is 163 Å². The van der Waals surface area contributed by atoms with Crippen LogP contribution in [-0.2, 0) is 16.6 Å². The summed E-state index contributed by atoms with van der Waals surface area (Å²) in [7, 11) is -0.707. The van der Waals surface area contributed by atoms with Crippen molar-refractivity contribution in [3.63, 3.8) is 0 Å². The Morgan fingerprint density at radius 2 is 1.57 bits per heavy atom. The van der Waals surface area contributed by atoms with Gasteiger partial charge in [0.2, 0.25) is 10.0 Å². The molecule has 1 aliphatic rings. The Morgan fingerprint density at radius 3 is 2.18 bits per heavy atom. The lowest BCUT2D eigenvalue weighted by Gasteiger charge is -2.34. The van der Waals surface area contributed by atoms with Crippen molar-refractivity contribution in [3.05, 3.63) is 53.6 Å². The highest BCUT2D eigenvalue weighted by Gasteiger charge is 2.29. The third kappa shape index (κ3) is 4.26. The zero-order valence-electron chi connectivity index (χ0n) is 15.7. The Hall–Kier alpha value is -2.23. The van der Waals surface area contributed by atoms with Crippen molar-refractivity contribution in [2.45, 2.75) is 11.4 Å². The average molecular weight is 412 g/mol. The molecular formula is C19H22F2N2O4S. The maximum absolute atomic E-state index is 13.4. The summed E-state index contributed by atoms with van der Waals surface area (Å²) < 4.78 is 63.6. The first-order chi connectivity index (χ1) is 13.3. The van der Waals surface area contributed by atoms with Gasteiger partial charge in [-0.25, -0.2) is 17.2 Å². The van der Waals surface area contributed by atoms with Crippen molar-refractivity contribution in [1.82, 2.24) is 9.21 Å². The van der Waals surface area contributed by atoms with Crippen molar-refractivity contribution in [1.29, 1.82) is 0 Å². The number of benzene rings is 2. The molecule has 0 radical (unpaired) electrons. The summed E-state index contributed by atoms with van der Waals surface area (Å²) in [6, 6.07) is 8.30. The molecule has 1 saturated heterocycles. The van der Waals surface area contributed by atoms with Crippen LogP contribution in [0.5, 0.6) is 11.5 Å². The molecule has 0 bridgehead atoms.